The van der Waals surface area contributed by atoms with E-state index in [1.807, 2.05) is 78.9 Å². The minimum atomic E-state index is -0.591. The van der Waals surface area contributed by atoms with Crippen molar-refractivity contribution in [1.82, 2.24) is 0 Å². The molecule has 2 bridgehead atoms. The highest BCUT2D eigenvalue weighted by Gasteiger charge is 2.49. The Bertz CT molecular complexity index is 1400. The summed E-state index contributed by atoms with van der Waals surface area (Å²) < 4.78 is 8.15. The minimum absolute atomic E-state index is 0. The number of hydrogen-bond acceptors (Lipinski definition) is 5. The standard InChI is InChI=1S/C31H31N2O3S.BrH/c34-27(24-11-12-29-25(19-24)15-18-37-29)20-33-16-13-22(14-17-33)28(21-33)36-31(35)30(23-7-3-1-4-8-23)32-26-9-5-2-6-10-26;/h1-12,15,18-19,22,28,30,32H,13-14,16-17,20-21H2;1H/q+1;/p-1/t22?,28-,30+,33?;/m0./s1. The number of nitrogens with zero attached hydrogens (tertiary/aromatic N) is 1. The van der Waals surface area contributed by atoms with Crippen LogP contribution in [0.4, 0.5) is 5.69 Å². The van der Waals surface area contributed by atoms with Crippen molar-refractivity contribution in [3.05, 3.63) is 101 Å². The highest BCUT2D eigenvalue weighted by atomic mass is 79.9. The van der Waals surface area contributed by atoms with E-state index in [1.165, 1.54) is 4.70 Å². The quantitative estimate of drug-likeness (QED) is 0.195. The summed E-state index contributed by atoms with van der Waals surface area (Å²) in [5.41, 5.74) is 2.52. The topological polar surface area (TPSA) is 55.4 Å². The van der Waals surface area contributed by atoms with Gasteiger partial charge in [0.2, 0.25) is 5.78 Å². The van der Waals surface area contributed by atoms with E-state index in [0.29, 0.717) is 23.5 Å². The van der Waals surface area contributed by atoms with Crippen LogP contribution in [0.2, 0.25) is 0 Å². The van der Waals surface area contributed by atoms with Crippen LogP contribution in [0.5, 0.6) is 0 Å². The second-order valence-corrected chi connectivity index (χ2v) is 11.3. The minimum Gasteiger partial charge on any atom is -1.00 e. The molecule has 3 aromatic carbocycles. The van der Waals surface area contributed by atoms with E-state index in [2.05, 4.69) is 16.8 Å². The number of piperidine rings is 3. The van der Waals surface area contributed by atoms with Gasteiger partial charge in [0.15, 0.2) is 12.1 Å². The predicted molar refractivity (Wildman–Crippen MR) is 148 cm³/mol. The first-order chi connectivity index (χ1) is 18.1. The van der Waals surface area contributed by atoms with Crippen molar-refractivity contribution in [3.8, 4) is 0 Å². The van der Waals surface area contributed by atoms with Gasteiger partial charge in [-0.2, -0.15) is 0 Å². The van der Waals surface area contributed by atoms with Gasteiger partial charge in [-0.15, -0.1) is 11.3 Å². The monoisotopic (exact) mass is 590 g/mol. The summed E-state index contributed by atoms with van der Waals surface area (Å²) >= 11 is 1.69. The molecule has 0 spiro atoms. The highest BCUT2D eigenvalue weighted by molar-refractivity contribution is 7.17. The Labute approximate surface area is 237 Å². The fourth-order valence-electron chi connectivity index (χ4n) is 5.95. The van der Waals surface area contributed by atoms with E-state index in [-0.39, 0.29) is 34.8 Å². The third-order valence-electron chi connectivity index (χ3n) is 8.02. The number of ether oxygens (including phenoxy) is 1. The van der Waals surface area contributed by atoms with Gasteiger partial charge in [-0.05, 0) is 52.7 Å². The molecule has 3 saturated heterocycles. The maximum atomic E-state index is 13.6. The van der Waals surface area contributed by atoms with Crippen molar-refractivity contribution in [2.24, 2.45) is 5.92 Å². The molecule has 5 nitrogen and oxygen atoms in total. The van der Waals surface area contributed by atoms with E-state index >= 15 is 0 Å². The number of anilines is 1. The molecule has 38 heavy (non-hydrogen) atoms. The van der Waals surface area contributed by atoms with Crippen LogP contribution in [0, 0.1) is 5.92 Å². The van der Waals surface area contributed by atoms with Crippen LogP contribution in [-0.4, -0.2) is 48.5 Å². The number of carbonyl (C=O) groups is 2. The second-order valence-electron chi connectivity index (χ2n) is 10.4. The molecule has 0 aliphatic carbocycles. The van der Waals surface area contributed by atoms with Gasteiger partial charge in [0.25, 0.3) is 0 Å². The van der Waals surface area contributed by atoms with E-state index in [0.717, 1.165) is 48.1 Å². The molecule has 1 aromatic heterocycles. The zero-order valence-electron chi connectivity index (χ0n) is 21.1. The predicted octanol–water partition coefficient (Wildman–Crippen LogP) is 3.09. The Morgan fingerprint density at radius 3 is 2.39 bits per heavy atom. The Balaban J connectivity index is 0.00000294. The molecule has 4 aromatic rings. The SMILES string of the molecule is O=C(C[N+]12CCC(CC1)[C@@H](OC(=O)[C@H](Nc1ccccc1)c1ccccc1)C2)c1ccc2sccc2c1.[Br-]. The average Bonchev–Trinajstić information content (AvgIpc) is 3.41. The van der Waals surface area contributed by atoms with E-state index in [1.54, 1.807) is 11.3 Å². The fraction of sp³-hybridized carbons (Fsp3) is 0.290. The molecule has 2 atom stereocenters. The number of rotatable bonds is 8. The lowest BCUT2D eigenvalue weighted by atomic mass is 9.82. The molecule has 3 aliphatic heterocycles. The Kier molecular flexibility index (Phi) is 7.98. The summed E-state index contributed by atoms with van der Waals surface area (Å²) in [5.74, 6) is 0.266. The smallest absolute Gasteiger partial charge is 0.333 e. The highest BCUT2D eigenvalue weighted by Crippen LogP contribution is 2.37. The van der Waals surface area contributed by atoms with Crippen LogP contribution in [0.25, 0.3) is 10.1 Å². The molecule has 3 fully saturated rings. The van der Waals surface area contributed by atoms with Crippen molar-refractivity contribution in [2.45, 2.75) is 25.0 Å². The number of Topliss-reactive ketones (excluding diaryl/α,β-unsaturated/α-hetero) is 1. The lowest BCUT2D eigenvalue weighted by Crippen LogP contribution is -3.00. The first kappa shape index (κ1) is 26.6. The summed E-state index contributed by atoms with van der Waals surface area (Å²) in [5, 5.41) is 6.55. The number of carbonyl (C=O) groups excluding carboxylic acids is 2. The van der Waals surface area contributed by atoms with Crippen molar-refractivity contribution >= 4 is 38.9 Å². The van der Waals surface area contributed by atoms with Crippen LogP contribution in [-0.2, 0) is 9.53 Å². The fourth-order valence-corrected chi connectivity index (χ4v) is 6.73. The van der Waals surface area contributed by atoms with Crippen LogP contribution < -0.4 is 22.3 Å². The number of halogens is 1. The number of nitrogens with one attached hydrogen (secondary N) is 1. The number of quaternary nitrogens is 1. The number of para-hydroxylation sites is 1. The molecule has 7 heteroatoms. The zero-order chi connectivity index (χ0) is 25.2. The lowest BCUT2D eigenvalue weighted by molar-refractivity contribution is -0.938. The van der Waals surface area contributed by atoms with Gasteiger partial charge in [-0.25, -0.2) is 4.79 Å². The van der Waals surface area contributed by atoms with Gasteiger partial charge in [0.1, 0.15) is 13.1 Å². The maximum Gasteiger partial charge on any atom is 0.333 e. The van der Waals surface area contributed by atoms with Crippen molar-refractivity contribution < 1.29 is 35.8 Å². The molecule has 4 heterocycles. The maximum absolute atomic E-state index is 13.6. The third-order valence-corrected chi connectivity index (χ3v) is 8.91. The average molecular weight is 592 g/mol. The van der Waals surface area contributed by atoms with Crippen molar-refractivity contribution in [1.29, 1.82) is 0 Å². The van der Waals surface area contributed by atoms with Gasteiger partial charge < -0.3 is 31.5 Å². The van der Waals surface area contributed by atoms with Crippen LogP contribution in [0.3, 0.4) is 0 Å². The number of ketones is 1. The summed E-state index contributed by atoms with van der Waals surface area (Å²) in [6, 6.07) is 27.0. The third kappa shape index (κ3) is 5.55. The first-order valence-electron chi connectivity index (χ1n) is 13.0. The summed E-state index contributed by atoms with van der Waals surface area (Å²) in [6.07, 6.45) is 1.79. The number of thiophene rings is 1. The molecule has 0 saturated carbocycles. The van der Waals surface area contributed by atoms with Crippen molar-refractivity contribution in [2.75, 3.05) is 31.5 Å². The zero-order valence-corrected chi connectivity index (χ0v) is 23.5. The summed E-state index contributed by atoms with van der Waals surface area (Å²) in [4.78, 5) is 26.9. The van der Waals surface area contributed by atoms with Gasteiger partial charge in [0.05, 0.1) is 13.1 Å². The molecule has 7 rings (SSSR count). The van der Waals surface area contributed by atoms with E-state index in [9.17, 15) is 9.59 Å². The molecule has 0 amide bonds. The number of fused-ring (bicyclic) bond motifs is 4. The lowest BCUT2D eigenvalue weighted by Gasteiger charge is -2.51. The molecular weight excluding hydrogens is 560 g/mol. The molecule has 0 radical (unpaired) electrons. The molecule has 0 unspecified atom stereocenters. The second kappa shape index (κ2) is 11.4. The molecule has 3 aliphatic rings. The van der Waals surface area contributed by atoms with Crippen molar-refractivity contribution in [3.63, 3.8) is 0 Å². The van der Waals surface area contributed by atoms with Gasteiger partial charge in [-0.3, -0.25) is 4.79 Å². The molecular formula is C31H31BrN2O3S. The van der Waals surface area contributed by atoms with Crippen LogP contribution >= 0.6 is 11.3 Å². The van der Waals surface area contributed by atoms with Gasteiger partial charge in [-0.1, -0.05) is 48.5 Å². The van der Waals surface area contributed by atoms with Gasteiger partial charge >= 0.3 is 5.97 Å². The van der Waals surface area contributed by atoms with E-state index in [4.69, 9.17) is 4.74 Å². The molecule has 1 N–H and O–H groups in total. The van der Waals surface area contributed by atoms with Crippen LogP contribution in [0.15, 0.2) is 90.3 Å². The number of esters is 1. The Hall–Kier alpha value is -3.00. The number of hydrogen-bond donors (Lipinski definition) is 1. The Morgan fingerprint density at radius 2 is 1.66 bits per heavy atom. The normalized spacial score (nSPS) is 22.8. The summed E-state index contributed by atoms with van der Waals surface area (Å²) in [7, 11) is 0. The number of benzene rings is 3. The molecule has 196 valence electrons. The largest absolute Gasteiger partial charge is 1.00 e. The summed E-state index contributed by atoms with van der Waals surface area (Å²) in [6.45, 7) is 3.10. The van der Waals surface area contributed by atoms with Crippen LogP contribution in [0.1, 0.15) is 34.8 Å². The van der Waals surface area contributed by atoms with E-state index < -0.39 is 6.04 Å². The first-order valence-corrected chi connectivity index (χ1v) is 13.9. The Morgan fingerprint density at radius 1 is 0.947 bits per heavy atom. The van der Waals surface area contributed by atoms with Gasteiger partial charge in [0, 0.05) is 34.7 Å².